The molecule has 0 aromatic heterocycles. The monoisotopic (exact) mass is 358 g/mol. The van der Waals surface area contributed by atoms with E-state index in [1.165, 1.54) is 12.1 Å². The molecule has 0 saturated carbocycles. The zero-order valence-corrected chi connectivity index (χ0v) is 14.6. The predicted molar refractivity (Wildman–Crippen MR) is 94.3 cm³/mol. The Bertz CT molecular complexity index is 521. The molecular weight excluding hydrogens is 329 g/mol. The quantitative estimate of drug-likeness (QED) is 0.746. The van der Waals surface area contributed by atoms with Crippen LogP contribution in [0, 0.1) is 0 Å². The molecule has 1 saturated heterocycles. The average molecular weight is 358 g/mol. The van der Waals surface area contributed by atoms with E-state index in [0.717, 1.165) is 57.2 Å². The van der Waals surface area contributed by atoms with Gasteiger partial charge in [-0.15, -0.1) is 0 Å². The lowest BCUT2D eigenvalue weighted by atomic mass is 9.99. The minimum atomic E-state index is -4.30. The van der Waals surface area contributed by atoms with E-state index in [4.69, 9.17) is 11.5 Å². The Hall–Kier alpha value is -1.15. The van der Waals surface area contributed by atoms with Crippen molar-refractivity contribution in [1.29, 1.82) is 0 Å². The third kappa shape index (κ3) is 6.26. The van der Waals surface area contributed by atoms with Crippen molar-refractivity contribution < 1.29 is 13.2 Å². The van der Waals surface area contributed by atoms with Crippen LogP contribution >= 0.6 is 0 Å². The normalized spacial score (nSPS) is 20.1. The van der Waals surface area contributed by atoms with Crippen LogP contribution in [-0.2, 0) is 12.6 Å². The SMILES string of the molecule is NCCCN1CCN(CCCN)C(Cc2cccc(C(F)(F)F)c2)C1. The standard InChI is InChI=1S/C18H29F3N4/c19-18(20,21)16-5-1-4-15(12-16)13-17-14-24(8-2-6-22)10-11-25(17)9-3-7-23/h1,4-5,12,17H,2-3,6-11,13-14,22-23H2. The topological polar surface area (TPSA) is 58.5 Å². The maximum atomic E-state index is 12.9. The summed E-state index contributed by atoms with van der Waals surface area (Å²) in [5.41, 5.74) is 11.4. The average Bonchev–Trinajstić information content (AvgIpc) is 2.58. The number of alkyl halides is 3. The molecule has 1 aliphatic heterocycles. The summed E-state index contributed by atoms with van der Waals surface area (Å²) in [6, 6.07) is 5.90. The number of piperazine rings is 1. The molecule has 1 atom stereocenters. The van der Waals surface area contributed by atoms with E-state index in [-0.39, 0.29) is 6.04 Å². The van der Waals surface area contributed by atoms with Gasteiger partial charge < -0.3 is 16.4 Å². The summed E-state index contributed by atoms with van der Waals surface area (Å²) in [6.07, 6.45) is -1.83. The van der Waals surface area contributed by atoms with E-state index < -0.39 is 11.7 Å². The number of hydrogen-bond donors (Lipinski definition) is 2. The Balaban J connectivity index is 2.07. The fourth-order valence-corrected chi connectivity index (χ4v) is 3.40. The Morgan fingerprint density at radius 3 is 2.44 bits per heavy atom. The van der Waals surface area contributed by atoms with Crippen LogP contribution in [0.5, 0.6) is 0 Å². The molecule has 2 rings (SSSR count). The number of nitrogens with zero attached hydrogens (tertiary/aromatic N) is 2. The molecule has 4 N–H and O–H groups in total. The molecule has 1 unspecified atom stereocenters. The van der Waals surface area contributed by atoms with Crippen molar-refractivity contribution in [3.8, 4) is 0 Å². The number of benzene rings is 1. The van der Waals surface area contributed by atoms with Gasteiger partial charge in [0.1, 0.15) is 0 Å². The summed E-state index contributed by atoms with van der Waals surface area (Å²) in [5, 5.41) is 0. The molecule has 4 nitrogen and oxygen atoms in total. The Morgan fingerprint density at radius 2 is 1.76 bits per heavy atom. The summed E-state index contributed by atoms with van der Waals surface area (Å²) < 4.78 is 38.8. The largest absolute Gasteiger partial charge is 0.416 e. The van der Waals surface area contributed by atoms with E-state index in [2.05, 4.69) is 9.80 Å². The van der Waals surface area contributed by atoms with Crippen molar-refractivity contribution in [3.05, 3.63) is 35.4 Å². The fraction of sp³-hybridized carbons (Fsp3) is 0.667. The first kappa shape index (κ1) is 20.2. The van der Waals surface area contributed by atoms with Crippen LogP contribution < -0.4 is 11.5 Å². The highest BCUT2D eigenvalue weighted by Gasteiger charge is 2.31. The Kier molecular flexibility index (Phi) is 7.68. The minimum Gasteiger partial charge on any atom is -0.330 e. The molecule has 0 radical (unpaired) electrons. The van der Waals surface area contributed by atoms with Crippen LogP contribution in [0.2, 0.25) is 0 Å². The molecule has 0 aliphatic carbocycles. The predicted octanol–water partition coefficient (Wildman–Crippen LogP) is 1.93. The van der Waals surface area contributed by atoms with Crippen molar-refractivity contribution in [1.82, 2.24) is 9.80 Å². The first-order chi connectivity index (χ1) is 11.9. The first-order valence-electron chi connectivity index (χ1n) is 8.96. The lowest BCUT2D eigenvalue weighted by molar-refractivity contribution is -0.137. The van der Waals surface area contributed by atoms with E-state index in [1.54, 1.807) is 6.07 Å². The summed E-state index contributed by atoms with van der Waals surface area (Å²) in [4.78, 5) is 4.73. The molecule has 25 heavy (non-hydrogen) atoms. The van der Waals surface area contributed by atoms with E-state index in [0.29, 0.717) is 19.5 Å². The number of nitrogens with two attached hydrogens (primary N) is 2. The van der Waals surface area contributed by atoms with Gasteiger partial charge in [0.15, 0.2) is 0 Å². The molecule has 1 fully saturated rings. The third-order valence-corrected chi connectivity index (χ3v) is 4.74. The molecule has 1 aliphatic rings. The van der Waals surface area contributed by atoms with Gasteiger partial charge >= 0.3 is 6.18 Å². The number of hydrogen-bond acceptors (Lipinski definition) is 4. The van der Waals surface area contributed by atoms with Gasteiger partial charge in [0.2, 0.25) is 0 Å². The summed E-state index contributed by atoms with van der Waals surface area (Å²) in [7, 11) is 0. The van der Waals surface area contributed by atoms with Crippen LogP contribution in [0.15, 0.2) is 24.3 Å². The van der Waals surface area contributed by atoms with E-state index >= 15 is 0 Å². The van der Waals surface area contributed by atoms with Crippen molar-refractivity contribution in [2.45, 2.75) is 31.5 Å². The Labute approximate surface area is 148 Å². The van der Waals surface area contributed by atoms with Gasteiger partial charge in [-0.2, -0.15) is 13.2 Å². The van der Waals surface area contributed by atoms with Crippen molar-refractivity contribution in [2.24, 2.45) is 11.5 Å². The van der Waals surface area contributed by atoms with Gasteiger partial charge in [0, 0.05) is 25.7 Å². The van der Waals surface area contributed by atoms with Crippen LogP contribution in [0.1, 0.15) is 24.0 Å². The minimum absolute atomic E-state index is 0.210. The highest BCUT2D eigenvalue weighted by atomic mass is 19.4. The maximum absolute atomic E-state index is 12.9. The second-order valence-corrected chi connectivity index (χ2v) is 6.68. The lowest BCUT2D eigenvalue weighted by Gasteiger charge is -2.41. The van der Waals surface area contributed by atoms with Crippen LogP contribution in [-0.4, -0.2) is 61.7 Å². The fourth-order valence-electron chi connectivity index (χ4n) is 3.40. The molecule has 0 amide bonds. The zero-order valence-electron chi connectivity index (χ0n) is 14.6. The van der Waals surface area contributed by atoms with Crippen molar-refractivity contribution in [2.75, 3.05) is 45.8 Å². The third-order valence-electron chi connectivity index (χ3n) is 4.74. The van der Waals surface area contributed by atoms with E-state index in [1.807, 2.05) is 0 Å². The zero-order chi connectivity index (χ0) is 18.3. The van der Waals surface area contributed by atoms with Gasteiger partial charge in [0.25, 0.3) is 0 Å². The molecule has 0 spiro atoms. The van der Waals surface area contributed by atoms with Gasteiger partial charge in [-0.05, 0) is 57.1 Å². The first-order valence-corrected chi connectivity index (χ1v) is 8.96. The Morgan fingerprint density at radius 1 is 1.04 bits per heavy atom. The molecule has 1 aromatic carbocycles. The van der Waals surface area contributed by atoms with E-state index in [9.17, 15) is 13.2 Å². The molecule has 1 heterocycles. The summed E-state index contributed by atoms with van der Waals surface area (Å²) in [6.45, 7) is 5.89. The number of halogens is 3. The van der Waals surface area contributed by atoms with Gasteiger partial charge in [0.05, 0.1) is 5.56 Å². The van der Waals surface area contributed by atoms with Gasteiger partial charge in [-0.3, -0.25) is 4.90 Å². The van der Waals surface area contributed by atoms with Crippen LogP contribution in [0.25, 0.3) is 0 Å². The van der Waals surface area contributed by atoms with Crippen molar-refractivity contribution in [3.63, 3.8) is 0 Å². The summed E-state index contributed by atoms with van der Waals surface area (Å²) in [5.74, 6) is 0. The molecule has 142 valence electrons. The van der Waals surface area contributed by atoms with Gasteiger partial charge in [-0.25, -0.2) is 0 Å². The molecule has 1 aromatic rings. The highest BCUT2D eigenvalue weighted by molar-refractivity contribution is 5.26. The van der Waals surface area contributed by atoms with Gasteiger partial charge in [-0.1, -0.05) is 18.2 Å². The lowest BCUT2D eigenvalue weighted by Crippen LogP contribution is -2.54. The number of rotatable bonds is 8. The van der Waals surface area contributed by atoms with Crippen molar-refractivity contribution >= 4 is 0 Å². The van der Waals surface area contributed by atoms with Crippen LogP contribution in [0.4, 0.5) is 13.2 Å². The highest BCUT2D eigenvalue weighted by Crippen LogP contribution is 2.30. The second kappa shape index (κ2) is 9.52. The smallest absolute Gasteiger partial charge is 0.330 e. The van der Waals surface area contributed by atoms with Crippen LogP contribution in [0.3, 0.4) is 0 Å². The maximum Gasteiger partial charge on any atom is 0.416 e. The second-order valence-electron chi connectivity index (χ2n) is 6.68. The molecular formula is C18H29F3N4. The summed E-state index contributed by atoms with van der Waals surface area (Å²) >= 11 is 0. The molecule has 7 heteroatoms. The molecule has 0 bridgehead atoms.